The van der Waals surface area contributed by atoms with Gasteiger partial charge in [0.15, 0.2) is 0 Å². The van der Waals surface area contributed by atoms with Crippen LogP contribution in [-0.4, -0.2) is 5.91 Å². The van der Waals surface area contributed by atoms with Crippen molar-refractivity contribution in [2.24, 2.45) is 5.92 Å². The van der Waals surface area contributed by atoms with E-state index in [4.69, 9.17) is 5.26 Å². The van der Waals surface area contributed by atoms with Crippen molar-refractivity contribution in [2.75, 3.05) is 5.32 Å². The Labute approximate surface area is 87.5 Å². The molecule has 0 bridgehead atoms. The maximum Gasteiger partial charge on any atom is 0.241 e. The number of benzene rings is 1. The van der Waals surface area contributed by atoms with Gasteiger partial charge in [0.25, 0.3) is 0 Å². The zero-order chi connectivity index (χ0) is 11.4. The standard InChI is InChI=1S/C11H11FN2O/c1-7-3-9(12)5-10(4-7)14-11(15)8(2)6-13/h3-5,8H,1-2H3,(H,14,15). The second-order valence-electron chi connectivity index (χ2n) is 3.36. The predicted molar refractivity (Wildman–Crippen MR) is 54.5 cm³/mol. The molecule has 0 saturated carbocycles. The van der Waals surface area contributed by atoms with Crippen LogP contribution in [0.5, 0.6) is 0 Å². The van der Waals surface area contributed by atoms with Gasteiger partial charge in [-0.15, -0.1) is 0 Å². The first-order chi connectivity index (χ1) is 7.02. The molecule has 78 valence electrons. The number of nitrogens with zero attached hydrogens (tertiary/aromatic N) is 1. The summed E-state index contributed by atoms with van der Waals surface area (Å²) in [6, 6.07) is 6.03. The maximum absolute atomic E-state index is 12.9. The smallest absolute Gasteiger partial charge is 0.241 e. The summed E-state index contributed by atoms with van der Waals surface area (Å²) >= 11 is 0. The summed E-state index contributed by atoms with van der Waals surface area (Å²) in [6.07, 6.45) is 0. The molecule has 0 spiro atoms. The number of nitrogens with one attached hydrogen (secondary N) is 1. The molecule has 1 rings (SSSR count). The van der Waals surface area contributed by atoms with Gasteiger partial charge in [0.2, 0.25) is 5.91 Å². The summed E-state index contributed by atoms with van der Waals surface area (Å²) < 4.78 is 12.9. The zero-order valence-corrected chi connectivity index (χ0v) is 8.54. The molecule has 0 radical (unpaired) electrons. The third kappa shape index (κ3) is 3.06. The number of carbonyl (C=O) groups excluding carboxylic acids is 1. The molecule has 1 aromatic carbocycles. The Kier molecular flexibility index (Phi) is 3.40. The number of halogens is 1. The molecule has 1 atom stereocenters. The molecule has 0 aliphatic carbocycles. The van der Waals surface area contributed by atoms with Crippen molar-refractivity contribution < 1.29 is 9.18 Å². The van der Waals surface area contributed by atoms with Crippen LogP contribution in [0.25, 0.3) is 0 Å². The van der Waals surface area contributed by atoms with Gasteiger partial charge in [0, 0.05) is 5.69 Å². The molecule has 1 N–H and O–H groups in total. The first kappa shape index (κ1) is 11.2. The van der Waals surface area contributed by atoms with Gasteiger partial charge in [-0.05, 0) is 37.6 Å². The van der Waals surface area contributed by atoms with Crippen molar-refractivity contribution in [3.63, 3.8) is 0 Å². The fourth-order valence-electron chi connectivity index (χ4n) is 1.12. The largest absolute Gasteiger partial charge is 0.325 e. The Morgan fingerprint density at radius 1 is 1.53 bits per heavy atom. The minimum Gasteiger partial charge on any atom is -0.325 e. The second-order valence-corrected chi connectivity index (χ2v) is 3.36. The van der Waals surface area contributed by atoms with E-state index in [1.54, 1.807) is 13.0 Å². The lowest BCUT2D eigenvalue weighted by atomic mass is 10.1. The van der Waals surface area contributed by atoms with Gasteiger partial charge in [-0.3, -0.25) is 4.79 Å². The lowest BCUT2D eigenvalue weighted by molar-refractivity contribution is -0.117. The van der Waals surface area contributed by atoms with E-state index < -0.39 is 17.6 Å². The summed E-state index contributed by atoms with van der Waals surface area (Å²) in [6.45, 7) is 3.22. The molecule has 1 unspecified atom stereocenters. The Balaban J connectivity index is 2.82. The van der Waals surface area contributed by atoms with Gasteiger partial charge >= 0.3 is 0 Å². The Hall–Kier alpha value is -1.89. The number of nitriles is 1. The fraction of sp³-hybridized carbons (Fsp3) is 0.273. The van der Waals surface area contributed by atoms with Crippen LogP contribution in [0, 0.1) is 30.0 Å². The van der Waals surface area contributed by atoms with Crippen molar-refractivity contribution in [1.82, 2.24) is 0 Å². The predicted octanol–water partition coefficient (Wildman–Crippen LogP) is 2.23. The van der Waals surface area contributed by atoms with Crippen LogP contribution in [0.2, 0.25) is 0 Å². The molecule has 0 saturated heterocycles. The number of anilines is 1. The molecular weight excluding hydrogens is 195 g/mol. The number of hydrogen-bond acceptors (Lipinski definition) is 2. The number of hydrogen-bond donors (Lipinski definition) is 1. The average Bonchev–Trinajstić information content (AvgIpc) is 2.14. The van der Waals surface area contributed by atoms with E-state index in [9.17, 15) is 9.18 Å². The number of rotatable bonds is 2. The minimum atomic E-state index is -0.742. The second kappa shape index (κ2) is 4.56. The molecule has 0 fully saturated rings. The summed E-state index contributed by atoms with van der Waals surface area (Å²) in [7, 11) is 0. The summed E-state index contributed by atoms with van der Waals surface area (Å²) in [5, 5.41) is 11.0. The average molecular weight is 206 g/mol. The van der Waals surface area contributed by atoms with Crippen LogP contribution in [0.4, 0.5) is 10.1 Å². The molecule has 4 heteroatoms. The van der Waals surface area contributed by atoms with Crippen molar-refractivity contribution >= 4 is 11.6 Å². The van der Waals surface area contributed by atoms with Crippen molar-refractivity contribution in [3.05, 3.63) is 29.6 Å². The van der Waals surface area contributed by atoms with Gasteiger partial charge in [-0.25, -0.2) is 4.39 Å². The van der Waals surface area contributed by atoms with Gasteiger partial charge in [0.1, 0.15) is 11.7 Å². The van der Waals surface area contributed by atoms with E-state index >= 15 is 0 Å². The number of aryl methyl sites for hydroxylation is 1. The summed E-state index contributed by atoms with van der Waals surface area (Å²) in [4.78, 5) is 11.3. The van der Waals surface area contributed by atoms with Gasteiger partial charge in [-0.2, -0.15) is 5.26 Å². The van der Waals surface area contributed by atoms with E-state index in [2.05, 4.69) is 5.32 Å². The van der Waals surface area contributed by atoms with Crippen LogP contribution >= 0.6 is 0 Å². The van der Waals surface area contributed by atoms with E-state index in [1.807, 2.05) is 6.07 Å². The van der Waals surface area contributed by atoms with E-state index in [-0.39, 0.29) is 0 Å². The quantitative estimate of drug-likeness (QED) is 0.806. The lowest BCUT2D eigenvalue weighted by Crippen LogP contribution is -2.19. The van der Waals surface area contributed by atoms with E-state index in [1.165, 1.54) is 19.1 Å². The fourth-order valence-corrected chi connectivity index (χ4v) is 1.12. The molecule has 1 amide bonds. The Bertz CT molecular complexity index is 403. The zero-order valence-electron chi connectivity index (χ0n) is 8.54. The van der Waals surface area contributed by atoms with Gasteiger partial charge < -0.3 is 5.32 Å². The molecule has 0 aromatic heterocycles. The van der Waals surface area contributed by atoms with Crippen LogP contribution in [0.1, 0.15) is 12.5 Å². The SMILES string of the molecule is Cc1cc(F)cc(NC(=O)C(C)C#N)c1. The van der Waals surface area contributed by atoms with Crippen molar-refractivity contribution in [2.45, 2.75) is 13.8 Å². The Morgan fingerprint density at radius 3 is 2.73 bits per heavy atom. The van der Waals surface area contributed by atoms with Gasteiger partial charge in [0.05, 0.1) is 6.07 Å². The molecule has 15 heavy (non-hydrogen) atoms. The normalized spacial score (nSPS) is 11.6. The molecule has 0 heterocycles. The van der Waals surface area contributed by atoms with Crippen LogP contribution in [0.15, 0.2) is 18.2 Å². The van der Waals surface area contributed by atoms with Crippen LogP contribution in [0.3, 0.4) is 0 Å². The maximum atomic E-state index is 12.9. The molecule has 0 aliphatic rings. The number of amides is 1. The van der Waals surface area contributed by atoms with E-state index in [0.717, 1.165) is 5.56 Å². The van der Waals surface area contributed by atoms with Crippen molar-refractivity contribution in [3.8, 4) is 6.07 Å². The highest BCUT2D eigenvalue weighted by Crippen LogP contribution is 2.14. The first-order valence-corrected chi connectivity index (χ1v) is 4.50. The van der Waals surface area contributed by atoms with Crippen LogP contribution in [-0.2, 0) is 4.79 Å². The third-order valence-electron chi connectivity index (χ3n) is 1.90. The van der Waals surface area contributed by atoms with E-state index in [0.29, 0.717) is 5.69 Å². The summed E-state index contributed by atoms with van der Waals surface area (Å²) in [5.41, 5.74) is 1.09. The monoisotopic (exact) mass is 206 g/mol. The number of carbonyl (C=O) groups is 1. The van der Waals surface area contributed by atoms with Crippen LogP contribution < -0.4 is 5.32 Å². The highest BCUT2D eigenvalue weighted by atomic mass is 19.1. The topological polar surface area (TPSA) is 52.9 Å². The molecule has 1 aromatic rings. The third-order valence-corrected chi connectivity index (χ3v) is 1.90. The highest BCUT2D eigenvalue weighted by Gasteiger charge is 2.11. The highest BCUT2D eigenvalue weighted by molar-refractivity contribution is 5.93. The molecular formula is C11H11FN2O. The summed E-state index contributed by atoms with van der Waals surface area (Å²) in [5.74, 6) is -1.58. The van der Waals surface area contributed by atoms with Gasteiger partial charge in [-0.1, -0.05) is 0 Å². The molecule has 0 aliphatic heterocycles. The first-order valence-electron chi connectivity index (χ1n) is 4.50. The minimum absolute atomic E-state index is 0.375. The lowest BCUT2D eigenvalue weighted by Gasteiger charge is -2.07. The van der Waals surface area contributed by atoms with Crippen molar-refractivity contribution in [1.29, 1.82) is 5.26 Å². The Morgan fingerprint density at radius 2 is 2.20 bits per heavy atom. The molecule has 3 nitrogen and oxygen atoms in total.